The van der Waals surface area contributed by atoms with E-state index >= 15 is 0 Å². The zero-order chi connectivity index (χ0) is 17.4. The van der Waals surface area contributed by atoms with Crippen LogP contribution >= 0.6 is 0 Å². The molecule has 0 aliphatic rings. The van der Waals surface area contributed by atoms with Crippen molar-refractivity contribution >= 4 is 11.7 Å². The molecular weight excluding hydrogens is 307 g/mol. The van der Waals surface area contributed by atoms with Gasteiger partial charge in [-0.15, -0.1) is 0 Å². The van der Waals surface area contributed by atoms with Gasteiger partial charge in [-0.25, -0.2) is 14.4 Å². The first-order valence-corrected chi connectivity index (χ1v) is 8.20. The van der Waals surface area contributed by atoms with Crippen LogP contribution in [0.5, 0.6) is 0 Å². The summed E-state index contributed by atoms with van der Waals surface area (Å²) >= 11 is 0. The largest absolute Gasteiger partial charge is 0.370 e. The quantitative estimate of drug-likeness (QED) is 0.730. The van der Waals surface area contributed by atoms with E-state index in [4.69, 9.17) is 0 Å². The fourth-order valence-corrected chi connectivity index (χ4v) is 2.23. The minimum Gasteiger partial charge on any atom is -0.370 e. The number of nitrogens with zero attached hydrogens (tertiary/aromatic N) is 2. The topological polar surface area (TPSA) is 66.9 Å². The third-order valence-electron chi connectivity index (χ3n) is 3.52. The molecule has 2 N–H and O–H groups in total. The van der Waals surface area contributed by atoms with Crippen LogP contribution in [0.25, 0.3) is 0 Å². The number of carbonyl (C=O) groups excluding carboxylic acids is 1. The highest BCUT2D eigenvalue weighted by atomic mass is 19.1. The van der Waals surface area contributed by atoms with Crippen LogP contribution in [0, 0.1) is 12.7 Å². The summed E-state index contributed by atoms with van der Waals surface area (Å²) in [4.78, 5) is 20.7. The van der Waals surface area contributed by atoms with Crippen LogP contribution in [-0.4, -0.2) is 29.0 Å². The number of nitrogens with one attached hydrogen (secondary N) is 2. The van der Waals surface area contributed by atoms with E-state index in [1.807, 2.05) is 0 Å². The van der Waals surface area contributed by atoms with Gasteiger partial charge in [0.15, 0.2) is 0 Å². The third-order valence-corrected chi connectivity index (χ3v) is 3.52. The monoisotopic (exact) mass is 330 g/mol. The molecule has 2 rings (SSSR count). The van der Waals surface area contributed by atoms with E-state index in [1.165, 1.54) is 12.1 Å². The molecule has 2 aromatic rings. The molecule has 128 valence electrons. The Bertz CT molecular complexity index is 673. The number of hydrogen-bond donors (Lipinski definition) is 2. The maximum Gasteiger partial charge on any atom is 0.270 e. The molecule has 0 unspecified atom stereocenters. The molecule has 0 aliphatic carbocycles. The maximum absolute atomic E-state index is 12.9. The Morgan fingerprint density at radius 2 is 1.92 bits per heavy atom. The second-order valence-corrected chi connectivity index (χ2v) is 5.60. The van der Waals surface area contributed by atoms with Crippen LogP contribution in [0.15, 0.2) is 30.3 Å². The molecule has 0 bridgehead atoms. The van der Waals surface area contributed by atoms with Crippen molar-refractivity contribution in [2.45, 2.75) is 33.1 Å². The number of amides is 1. The lowest BCUT2D eigenvalue weighted by Gasteiger charge is -2.09. The predicted octanol–water partition coefficient (Wildman–Crippen LogP) is 3.11. The molecule has 1 amide bonds. The highest BCUT2D eigenvalue weighted by Crippen LogP contribution is 2.08. The molecule has 0 saturated heterocycles. The predicted molar refractivity (Wildman–Crippen MR) is 92.6 cm³/mol. The standard InChI is InChI=1S/C18H23FN4O/c1-3-4-10-20-17-12-16(22-13(2)23-17)18(24)21-11-9-14-5-7-15(19)8-6-14/h5-8,12H,3-4,9-11H2,1-2H3,(H,21,24)(H,20,22,23). The van der Waals surface area contributed by atoms with Crippen LogP contribution in [-0.2, 0) is 6.42 Å². The van der Waals surface area contributed by atoms with Gasteiger partial charge >= 0.3 is 0 Å². The Morgan fingerprint density at radius 1 is 1.17 bits per heavy atom. The first-order chi connectivity index (χ1) is 11.6. The van der Waals surface area contributed by atoms with Crippen LogP contribution in [0.2, 0.25) is 0 Å². The number of benzene rings is 1. The van der Waals surface area contributed by atoms with Gasteiger partial charge in [-0.05, 0) is 37.5 Å². The lowest BCUT2D eigenvalue weighted by Crippen LogP contribution is -2.27. The molecule has 0 aliphatic heterocycles. The van der Waals surface area contributed by atoms with Crippen molar-refractivity contribution < 1.29 is 9.18 Å². The van der Waals surface area contributed by atoms with Gasteiger partial charge in [0.25, 0.3) is 5.91 Å². The summed E-state index contributed by atoms with van der Waals surface area (Å²) in [5.74, 6) is 0.725. The molecule has 0 spiro atoms. The molecule has 5 nitrogen and oxygen atoms in total. The molecule has 0 radical (unpaired) electrons. The summed E-state index contributed by atoms with van der Waals surface area (Å²) < 4.78 is 12.9. The van der Waals surface area contributed by atoms with E-state index in [2.05, 4.69) is 27.5 Å². The number of halogens is 1. The van der Waals surface area contributed by atoms with E-state index < -0.39 is 0 Å². The molecule has 1 aromatic carbocycles. The van der Waals surface area contributed by atoms with E-state index in [0.717, 1.165) is 24.9 Å². The van der Waals surface area contributed by atoms with Crippen LogP contribution in [0.4, 0.5) is 10.2 Å². The molecular formula is C18H23FN4O. The van der Waals surface area contributed by atoms with Crippen molar-refractivity contribution in [2.24, 2.45) is 0 Å². The number of aryl methyl sites for hydroxylation is 1. The van der Waals surface area contributed by atoms with E-state index in [0.29, 0.717) is 30.3 Å². The second-order valence-electron chi connectivity index (χ2n) is 5.60. The number of unbranched alkanes of at least 4 members (excludes halogenated alkanes) is 1. The fourth-order valence-electron chi connectivity index (χ4n) is 2.23. The highest BCUT2D eigenvalue weighted by molar-refractivity contribution is 5.92. The molecule has 0 saturated carbocycles. The van der Waals surface area contributed by atoms with Gasteiger partial charge in [-0.3, -0.25) is 4.79 Å². The average molecular weight is 330 g/mol. The molecule has 0 fully saturated rings. The normalized spacial score (nSPS) is 10.5. The molecule has 24 heavy (non-hydrogen) atoms. The Kier molecular flexibility index (Phi) is 6.66. The third kappa shape index (κ3) is 5.61. The Hall–Kier alpha value is -2.50. The van der Waals surface area contributed by atoms with Gasteiger partial charge < -0.3 is 10.6 Å². The van der Waals surface area contributed by atoms with Gasteiger partial charge in [0.1, 0.15) is 23.2 Å². The Morgan fingerprint density at radius 3 is 2.62 bits per heavy atom. The first kappa shape index (κ1) is 17.8. The Labute approximate surface area is 141 Å². The second kappa shape index (κ2) is 8.96. The van der Waals surface area contributed by atoms with E-state index in [1.54, 1.807) is 25.1 Å². The zero-order valence-corrected chi connectivity index (χ0v) is 14.1. The van der Waals surface area contributed by atoms with Crippen molar-refractivity contribution in [2.75, 3.05) is 18.4 Å². The molecule has 6 heteroatoms. The van der Waals surface area contributed by atoms with Crippen LogP contribution in [0.1, 0.15) is 41.6 Å². The summed E-state index contributed by atoms with van der Waals surface area (Å²) in [7, 11) is 0. The van der Waals surface area contributed by atoms with Gasteiger partial charge in [0, 0.05) is 19.2 Å². The number of hydrogen-bond acceptors (Lipinski definition) is 4. The lowest BCUT2D eigenvalue weighted by molar-refractivity contribution is 0.0949. The summed E-state index contributed by atoms with van der Waals surface area (Å²) in [6, 6.07) is 7.92. The van der Waals surface area contributed by atoms with Crippen molar-refractivity contribution in [3.63, 3.8) is 0 Å². The molecule has 1 aromatic heterocycles. The van der Waals surface area contributed by atoms with E-state index in [9.17, 15) is 9.18 Å². The van der Waals surface area contributed by atoms with Gasteiger partial charge in [0.2, 0.25) is 0 Å². The summed E-state index contributed by atoms with van der Waals surface area (Å²) in [6.45, 7) is 5.16. The van der Waals surface area contributed by atoms with Gasteiger partial charge in [-0.1, -0.05) is 25.5 Å². The van der Waals surface area contributed by atoms with Crippen molar-refractivity contribution in [1.29, 1.82) is 0 Å². The summed E-state index contributed by atoms with van der Waals surface area (Å²) in [5.41, 5.74) is 1.32. The van der Waals surface area contributed by atoms with Crippen LogP contribution < -0.4 is 10.6 Å². The smallest absolute Gasteiger partial charge is 0.270 e. The van der Waals surface area contributed by atoms with Crippen molar-refractivity contribution in [3.05, 3.63) is 53.2 Å². The van der Waals surface area contributed by atoms with Gasteiger partial charge in [-0.2, -0.15) is 0 Å². The highest BCUT2D eigenvalue weighted by Gasteiger charge is 2.10. The SMILES string of the molecule is CCCCNc1cc(C(=O)NCCc2ccc(F)cc2)nc(C)n1. The first-order valence-electron chi connectivity index (χ1n) is 8.20. The number of anilines is 1. The molecule has 0 atom stereocenters. The summed E-state index contributed by atoms with van der Waals surface area (Å²) in [6.07, 6.45) is 2.77. The van der Waals surface area contributed by atoms with Gasteiger partial charge in [0.05, 0.1) is 0 Å². The number of aromatic nitrogens is 2. The lowest BCUT2D eigenvalue weighted by atomic mass is 10.1. The van der Waals surface area contributed by atoms with Crippen molar-refractivity contribution in [3.8, 4) is 0 Å². The maximum atomic E-state index is 12.9. The van der Waals surface area contributed by atoms with Crippen molar-refractivity contribution in [1.82, 2.24) is 15.3 Å². The Balaban J connectivity index is 1.90. The van der Waals surface area contributed by atoms with Crippen LogP contribution in [0.3, 0.4) is 0 Å². The fraction of sp³-hybridized carbons (Fsp3) is 0.389. The number of carbonyl (C=O) groups is 1. The minimum absolute atomic E-state index is 0.235. The zero-order valence-electron chi connectivity index (χ0n) is 14.1. The minimum atomic E-state index is -0.262. The number of rotatable bonds is 8. The van der Waals surface area contributed by atoms with E-state index in [-0.39, 0.29) is 11.7 Å². The average Bonchev–Trinajstić information content (AvgIpc) is 2.56. The summed E-state index contributed by atoms with van der Waals surface area (Å²) in [5, 5.41) is 6.04. The molecule has 1 heterocycles.